The molecule has 1 atom stereocenters. The monoisotopic (exact) mass is 301 g/mol. The first-order valence-electron chi connectivity index (χ1n) is 6.90. The van der Waals surface area contributed by atoms with Gasteiger partial charge in [-0.15, -0.1) is 0 Å². The van der Waals surface area contributed by atoms with Crippen LogP contribution in [0.4, 0.5) is 0 Å². The summed E-state index contributed by atoms with van der Waals surface area (Å²) in [4.78, 5) is 23.3. The number of rotatable bonds is 5. The Morgan fingerprint density at radius 1 is 1.27 bits per heavy atom. The second-order valence-corrected chi connectivity index (χ2v) is 5.49. The number of benzene rings is 1. The van der Waals surface area contributed by atoms with Gasteiger partial charge >= 0.3 is 0 Å². The molecule has 0 bridgehead atoms. The predicted molar refractivity (Wildman–Crippen MR) is 81.6 cm³/mol. The topological polar surface area (TPSA) is 84.2 Å². The number of aromatic nitrogens is 2. The predicted octanol–water partition coefficient (Wildman–Crippen LogP) is 1.26. The minimum atomic E-state index is -1.21. The fourth-order valence-electron chi connectivity index (χ4n) is 2.01. The first-order chi connectivity index (χ1) is 10.3. The number of carbonyl (C=O) groups excluding carboxylic acids is 2. The van der Waals surface area contributed by atoms with Gasteiger partial charge in [-0.3, -0.25) is 14.3 Å². The molecule has 1 heterocycles. The summed E-state index contributed by atoms with van der Waals surface area (Å²) < 4.78 is 1.59. The van der Waals surface area contributed by atoms with Crippen molar-refractivity contribution in [3.8, 4) is 0 Å². The minimum Gasteiger partial charge on any atom is -0.383 e. The largest absolute Gasteiger partial charge is 0.383 e. The smallest absolute Gasteiger partial charge is 0.251 e. The highest BCUT2D eigenvalue weighted by Gasteiger charge is 2.25. The molecule has 0 aliphatic rings. The zero-order valence-corrected chi connectivity index (χ0v) is 12.8. The highest BCUT2D eigenvalue weighted by Crippen LogP contribution is 2.18. The molecule has 116 valence electrons. The molecule has 1 amide bonds. The lowest BCUT2D eigenvalue weighted by molar-refractivity contribution is 0.0526. The zero-order chi connectivity index (χ0) is 16.3. The molecular weight excluding hydrogens is 282 g/mol. The van der Waals surface area contributed by atoms with E-state index in [0.717, 1.165) is 0 Å². The third-order valence-corrected chi connectivity index (χ3v) is 3.47. The van der Waals surface area contributed by atoms with Gasteiger partial charge in [-0.25, -0.2) is 0 Å². The van der Waals surface area contributed by atoms with Crippen molar-refractivity contribution >= 4 is 11.7 Å². The van der Waals surface area contributed by atoms with Gasteiger partial charge in [0.05, 0.1) is 12.7 Å². The van der Waals surface area contributed by atoms with Crippen molar-refractivity contribution in [3.63, 3.8) is 0 Å². The van der Waals surface area contributed by atoms with E-state index in [1.807, 2.05) is 0 Å². The molecule has 6 heteroatoms. The molecule has 0 fully saturated rings. The molecule has 2 N–H and O–H groups in total. The van der Waals surface area contributed by atoms with Crippen LogP contribution in [-0.2, 0) is 12.6 Å². The standard InChI is InChI=1S/C16H19N3O3/c1-11(20)12-4-6-13(7-5-12)15(21)17-10-16(2,22)14-8-18-19(3)9-14/h4-9,22H,10H2,1-3H3,(H,17,21). The summed E-state index contributed by atoms with van der Waals surface area (Å²) in [5, 5.41) is 17.1. The van der Waals surface area contributed by atoms with E-state index in [0.29, 0.717) is 16.7 Å². The number of aliphatic hydroxyl groups is 1. The Morgan fingerprint density at radius 2 is 1.86 bits per heavy atom. The molecular formula is C16H19N3O3. The Morgan fingerprint density at radius 3 is 2.36 bits per heavy atom. The highest BCUT2D eigenvalue weighted by molar-refractivity contribution is 5.97. The highest BCUT2D eigenvalue weighted by atomic mass is 16.3. The lowest BCUT2D eigenvalue weighted by Gasteiger charge is -2.22. The molecule has 0 radical (unpaired) electrons. The molecule has 2 aromatic rings. The Bertz CT molecular complexity index is 687. The normalized spacial score (nSPS) is 13.5. The Labute approximate surface area is 128 Å². The van der Waals surface area contributed by atoms with E-state index >= 15 is 0 Å². The second-order valence-electron chi connectivity index (χ2n) is 5.49. The minimum absolute atomic E-state index is 0.0496. The van der Waals surface area contributed by atoms with Gasteiger partial charge in [0.25, 0.3) is 5.91 Å². The Kier molecular flexibility index (Phi) is 4.42. The molecule has 0 saturated heterocycles. The number of nitrogens with one attached hydrogen (secondary N) is 1. The van der Waals surface area contributed by atoms with Crippen molar-refractivity contribution in [2.75, 3.05) is 6.54 Å². The van der Waals surface area contributed by atoms with Crippen molar-refractivity contribution in [2.24, 2.45) is 7.05 Å². The summed E-state index contributed by atoms with van der Waals surface area (Å²) >= 11 is 0. The van der Waals surface area contributed by atoms with Gasteiger partial charge in [0.15, 0.2) is 5.78 Å². The fraction of sp³-hybridized carbons (Fsp3) is 0.312. The molecule has 0 spiro atoms. The van der Waals surface area contributed by atoms with Crippen LogP contribution in [0.1, 0.15) is 40.1 Å². The molecule has 2 rings (SSSR count). The van der Waals surface area contributed by atoms with Crippen LogP contribution in [0.3, 0.4) is 0 Å². The first kappa shape index (κ1) is 15.9. The van der Waals surface area contributed by atoms with Gasteiger partial charge in [0.1, 0.15) is 5.60 Å². The summed E-state index contributed by atoms with van der Waals surface area (Å²) in [6.07, 6.45) is 3.27. The summed E-state index contributed by atoms with van der Waals surface area (Å²) in [7, 11) is 1.76. The van der Waals surface area contributed by atoms with Gasteiger partial charge in [-0.2, -0.15) is 5.10 Å². The van der Waals surface area contributed by atoms with E-state index in [9.17, 15) is 14.7 Å². The number of hydrogen-bond acceptors (Lipinski definition) is 4. The number of amides is 1. The number of aryl methyl sites for hydroxylation is 1. The molecule has 0 aliphatic carbocycles. The molecule has 0 aliphatic heterocycles. The average molecular weight is 301 g/mol. The summed E-state index contributed by atoms with van der Waals surface area (Å²) in [5.74, 6) is -0.356. The maximum atomic E-state index is 12.1. The van der Waals surface area contributed by atoms with Gasteiger partial charge in [-0.05, 0) is 26.0 Å². The van der Waals surface area contributed by atoms with E-state index in [2.05, 4.69) is 10.4 Å². The van der Waals surface area contributed by atoms with Crippen LogP contribution in [0.15, 0.2) is 36.7 Å². The first-order valence-corrected chi connectivity index (χ1v) is 6.90. The molecule has 22 heavy (non-hydrogen) atoms. The quantitative estimate of drug-likeness (QED) is 0.814. The lowest BCUT2D eigenvalue weighted by atomic mass is 9.99. The number of hydrogen-bond donors (Lipinski definition) is 2. The van der Waals surface area contributed by atoms with Crippen molar-refractivity contribution < 1.29 is 14.7 Å². The van der Waals surface area contributed by atoms with Crippen molar-refractivity contribution in [3.05, 3.63) is 53.3 Å². The third-order valence-electron chi connectivity index (χ3n) is 3.47. The molecule has 1 aromatic heterocycles. The van der Waals surface area contributed by atoms with Gasteiger partial charge in [0.2, 0.25) is 0 Å². The van der Waals surface area contributed by atoms with Gasteiger partial charge < -0.3 is 10.4 Å². The number of Topliss-reactive ketones (excluding diaryl/α,β-unsaturated/α-hetero) is 1. The average Bonchev–Trinajstić information content (AvgIpc) is 2.92. The van der Waals surface area contributed by atoms with Crippen LogP contribution in [0.25, 0.3) is 0 Å². The number of ketones is 1. The SMILES string of the molecule is CC(=O)c1ccc(C(=O)NCC(C)(O)c2cnn(C)c2)cc1. The van der Waals surface area contributed by atoms with Crippen molar-refractivity contribution in [1.82, 2.24) is 15.1 Å². The number of carbonyl (C=O) groups is 2. The molecule has 1 unspecified atom stereocenters. The summed E-state index contributed by atoms with van der Waals surface area (Å²) in [6, 6.07) is 6.39. The molecule has 6 nitrogen and oxygen atoms in total. The Balaban J connectivity index is 2.01. The second kappa shape index (κ2) is 6.11. The van der Waals surface area contributed by atoms with Gasteiger partial charge in [0, 0.05) is 29.9 Å². The molecule has 0 saturated carbocycles. The van der Waals surface area contributed by atoms with E-state index in [-0.39, 0.29) is 18.2 Å². The third kappa shape index (κ3) is 3.59. The van der Waals surface area contributed by atoms with E-state index in [1.54, 1.807) is 55.3 Å². The van der Waals surface area contributed by atoms with Crippen molar-refractivity contribution in [1.29, 1.82) is 0 Å². The summed E-state index contributed by atoms with van der Waals surface area (Å²) in [5.41, 5.74) is 0.414. The van der Waals surface area contributed by atoms with Crippen LogP contribution in [-0.4, -0.2) is 33.1 Å². The van der Waals surface area contributed by atoms with Crippen LogP contribution in [0.5, 0.6) is 0 Å². The van der Waals surface area contributed by atoms with Crippen LogP contribution >= 0.6 is 0 Å². The van der Waals surface area contributed by atoms with Gasteiger partial charge in [-0.1, -0.05) is 12.1 Å². The zero-order valence-electron chi connectivity index (χ0n) is 12.8. The van der Waals surface area contributed by atoms with E-state index in [1.165, 1.54) is 6.92 Å². The number of nitrogens with zero attached hydrogens (tertiary/aromatic N) is 2. The van der Waals surface area contributed by atoms with E-state index < -0.39 is 5.60 Å². The van der Waals surface area contributed by atoms with E-state index in [4.69, 9.17) is 0 Å². The summed E-state index contributed by atoms with van der Waals surface area (Å²) in [6.45, 7) is 3.15. The van der Waals surface area contributed by atoms with Crippen LogP contribution in [0, 0.1) is 0 Å². The Hall–Kier alpha value is -2.47. The fourth-order valence-corrected chi connectivity index (χ4v) is 2.01. The molecule has 1 aromatic carbocycles. The van der Waals surface area contributed by atoms with Crippen LogP contribution < -0.4 is 5.32 Å². The maximum Gasteiger partial charge on any atom is 0.251 e. The van der Waals surface area contributed by atoms with Crippen LogP contribution in [0.2, 0.25) is 0 Å². The maximum absolute atomic E-state index is 12.1. The lowest BCUT2D eigenvalue weighted by Crippen LogP contribution is -2.38. The van der Waals surface area contributed by atoms with Crippen molar-refractivity contribution in [2.45, 2.75) is 19.4 Å².